The number of nitrogens with zero attached hydrogens (tertiary/aromatic N) is 6. The minimum atomic E-state index is -4.86. The van der Waals surface area contributed by atoms with Gasteiger partial charge in [-0.25, -0.2) is 4.98 Å². The highest BCUT2D eigenvalue weighted by Gasteiger charge is 2.51. The minimum Gasteiger partial charge on any atom is -0.492 e. The maximum absolute atomic E-state index is 13.7. The van der Waals surface area contributed by atoms with Crippen molar-refractivity contribution < 1.29 is 37.1 Å². The predicted molar refractivity (Wildman–Crippen MR) is 214 cm³/mol. The van der Waals surface area contributed by atoms with Gasteiger partial charge in [-0.1, -0.05) is 31.2 Å². The number of aromatic nitrogens is 1. The molecule has 6 rings (SSSR count). The lowest BCUT2D eigenvalue weighted by Crippen LogP contribution is -2.53. The first-order valence-corrected chi connectivity index (χ1v) is 19.7. The average Bonchev–Trinajstić information content (AvgIpc) is 3.35. The third-order valence-electron chi connectivity index (χ3n) is 11.0. The largest absolute Gasteiger partial charge is 0.492 e. The summed E-state index contributed by atoms with van der Waals surface area (Å²) < 4.78 is 47.5. The summed E-state index contributed by atoms with van der Waals surface area (Å²) in [5.41, 5.74) is -0.152. The van der Waals surface area contributed by atoms with Gasteiger partial charge in [0.1, 0.15) is 24.0 Å². The number of Topliss-reactive ketones (excluding diaryl/α,β-unsaturated/α-hetero) is 1. The number of nitrogens with one attached hydrogen (secondary N) is 1. The molecule has 306 valence electrons. The molecule has 1 N–H and O–H groups in total. The third-order valence-corrected chi connectivity index (χ3v) is 11.4. The number of anilines is 2. The Morgan fingerprint density at radius 3 is 2.53 bits per heavy atom. The number of ketones is 1. The van der Waals surface area contributed by atoms with Gasteiger partial charge in [0.05, 0.1) is 24.0 Å². The number of thiocarbonyl (C=S) groups is 1. The zero-order chi connectivity index (χ0) is 41.9. The number of imide groups is 1. The Hall–Kier alpha value is -5.24. The molecular weight excluding hydrogens is 772 g/mol. The summed E-state index contributed by atoms with van der Waals surface area (Å²) >= 11 is 5.69. The van der Waals surface area contributed by atoms with Crippen LogP contribution in [0.1, 0.15) is 68.5 Å². The number of carbonyl (C=O) groups is 4. The molecule has 4 heterocycles. The number of ether oxygens (including phenoxy) is 1. The fraction of sp³-hybridized carbons (Fsp3) is 0.452. The van der Waals surface area contributed by atoms with Crippen LogP contribution in [0.3, 0.4) is 0 Å². The van der Waals surface area contributed by atoms with Gasteiger partial charge in [0.2, 0.25) is 11.8 Å². The van der Waals surface area contributed by atoms with E-state index < -0.39 is 28.9 Å². The molecule has 0 bridgehead atoms. The normalized spacial score (nSPS) is 20.3. The van der Waals surface area contributed by atoms with Crippen LogP contribution in [0.25, 0.3) is 0 Å². The quantitative estimate of drug-likeness (QED) is 0.179. The van der Waals surface area contributed by atoms with Crippen LogP contribution in [-0.4, -0.2) is 94.3 Å². The molecule has 0 aliphatic carbocycles. The first kappa shape index (κ1) is 42.4. The van der Waals surface area contributed by atoms with Gasteiger partial charge in [-0.3, -0.25) is 39.2 Å². The van der Waals surface area contributed by atoms with Crippen molar-refractivity contribution in [2.75, 3.05) is 49.1 Å². The highest BCUT2D eigenvalue weighted by Crippen LogP contribution is 2.40. The number of nitriles is 1. The van der Waals surface area contributed by atoms with Crippen LogP contribution in [0.5, 0.6) is 5.75 Å². The Labute approximate surface area is 340 Å². The summed E-state index contributed by atoms with van der Waals surface area (Å²) in [6, 6.07) is 15.5. The molecule has 58 heavy (non-hydrogen) atoms. The first-order chi connectivity index (χ1) is 27.5. The van der Waals surface area contributed by atoms with Gasteiger partial charge in [0.15, 0.2) is 16.6 Å². The van der Waals surface area contributed by atoms with Crippen molar-refractivity contribution in [3.8, 4) is 11.8 Å². The van der Waals surface area contributed by atoms with Crippen LogP contribution in [0.4, 0.5) is 24.5 Å². The number of hydrogen-bond donors (Lipinski definition) is 1. The van der Waals surface area contributed by atoms with Crippen LogP contribution >= 0.6 is 12.2 Å². The van der Waals surface area contributed by atoms with Crippen molar-refractivity contribution in [1.82, 2.24) is 20.1 Å². The monoisotopic (exact) mass is 817 g/mol. The second kappa shape index (κ2) is 17.3. The fourth-order valence-electron chi connectivity index (χ4n) is 7.85. The molecule has 3 aliphatic rings. The molecule has 2 atom stereocenters. The van der Waals surface area contributed by atoms with Crippen molar-refractivity contribution in [3.05, 3.63) is 82.7 Å². The Morgan fingerprint density at radius 1 is 1.09 bits per heavy atom. The van der Waals surface area contributed by atoms with Crippen molar-refractivity contribution in [2.24, 2.45) is 5.92 Å². The Balaban J connectivity index is 1.01. The van der Waals surface area contributed by atoms with E-state index in [2.05, 4.69) is 27.0 Å². The van der Waals surface area contributed by atoms with E-state index in [1.54, 1.807) is 24.8 Å². The number of hydrogen-bond acceptors (Lipinski definition) is 10. The van der Waals surface area contributed by atoms with E-state index in [1.807, 2.05) is 43.3 Å². The van der Waals surface area contributed by atoms with Crippen LogP contribution in [0, 0.1) is 17.2 Å². The van der Waals surface area contributed by atoms with Gasteiger partial charge in [-0.05, 0) is 93.2 Å². The van der Waals surface area contributed by atoms with E-state index >= 15 is 0 Å². The number of amides is 3. The summed E-state index contributed by atoms with van der Waals surface area (Å²) in [6.07, 6.45) is -1.51. The summed E-state index contributed by atoms with van der Waals surface area (Å²) in [5, 5.41) is 11.6. The highest BCUT2D eigenvalue weighted by molar-refractivity contribution is 7.81. The summed E-state index contributed by atoms with van der Waals surface area (Å²) in [4.78, 5) is 61.3. The second-order valence-electron chi connectivity index (χ2n) is 15.5. The van der Waals surface area contributed by atoms with Gasteiger partial charge < -0.3 is 9.64 Å². The molecule has 3 aromatic rings. The second-order valence-corrected chi connectivity index (χ2v) is 15.9. The standard InChI is InChI=1S/C42H46F3N7O5S/c1-5-29-20-31(52-40(58)51(39(56)41(52,3)4)32-21-34(42(43,44)45)35(22-46)47-23-32)10-11-36(29)57-16-15-49-13-14-50(26(2)24-49)25-33(53)19-28-8-6-7-27(17-28)18-30-9-12-37(54)48-38(30)55/h6-8,10-11,17,20-21,23,26,30H,5,9,12-16,18-19,24-25H2,1-4H3,(H,48,54,55)/t26-,30-/m1/s1. The smallest absolute Gasteiger partial charge is 0.419 e. The van der Waals surface area contributed by atoms with E-state index in [4.69, 9.17) is 17.0 Å². The maximum atomic E-state index is 13.7. The Morgan fingerprint density at radius 2 is 1.84 bits per heavy atom. The van der Waals surface area contributed by atoms with Crippen molar-refractivity contribution in [2.45, 2.75) is 77.6 Å². The number of rotatable bonds is 13. The van der Waals surface area contributed by atoms with Crippen LogP contribution in [0.2, 0.25) is 0 Å². The van der Waals surface area contributed by atoms with Crippen LogP contribution in [-0.2, 0) is 44.6 Å². The number of piperidine rings is 1. The lowest BCUT2D eigenvalue weighted by atomic mass is 9.90. The molecule has 3 fully saturated rings. The molecule has 2 aromatic carbocycles. The van der Waals surface area contributed by atoms with Gasteiger partial charge in [0.25, 0.3) is 5.91 Å². The van der Waals surface area contributed by atoms with Crippen molar-refractivity contribution >= 4 is 52.2 Å². The van der Waals surface area contributed by atoms with E-state index in [1.165, 1.54) is 6.07 Å². The lowest BCUT2D eigenvalue weighted by Gasteiger charge is -2.39. The highest BCUT2D eigenvalue weighted by atomic mass is 32.1. The number of carbonyl (C=O) groups excluding carboxylic acids is 4. The summed E-state index contributed by atoms with van der Waals surface area (Å²) in [7, 11) is 0. The zero-order valence-electron chi connectivity index (χ0n) is 32.9. The number of aryl methyl sites for hydroxylation is 1. The van der Waals surface area contributed by atoms with E-state index in [0.717, 1.165) is 53.5 Å². The maximum Gasteiger partial charge on any atom is 0.419 e. The number of halogens is 3. The Kier molecular flexibility index (Phi) is 12.6. The van der Waals surface area contributed by atoms with E-state index in [-0.39, 0.29) is 40.4 Å². The predicted octanol–water partition coefficient (Wildman–Crippen LogP) is 5.24. The molecule has 16 heteroatoms. The van der Waals surface area contributed by atoms with Gasteiger partial charge in [-0.2, -0.15) is 18.4 Å². The zero-order valence-corrected chi connectivity index (χ0v) is 33.7. The SMILES string of the molecule is CCc1cc(N2C(=S)N(c3cnc(C#N)c(C(F)(F)F)c3)C(=O)C2(C)C)ccc1OCCN1CCN(CC(=O)Cc2cccc(C[C@H]3CCC(=O)NC3=O)c2)[C@H](C)C1. The molecule has 0 unspecified atom stereocenters. The van der Waals surface area contributed by atoms with Crippen molar-refractivity contribution in [1.29, 1.82) is 5.26 Å². The molecule has 3 aliphatic heterocycles. The number of alkyl halides is 3. The van der Waals surface area contributed by atoms with Crippen LogP contribution < -0.4 is 19.9 Å². The third kappa shape index (κ3) is 9.22. The molecule has 0 spiro atoms. The average molecular weight is 818 g/mol. The van der Waals surface area contributed by atoms with Gasteiger partial charge in [-0.15, -0.1) is 0 Å². The molecule has 0 radical (unpaired) electrons. The van der Waals surface area contributed by atoms with Crippen LogP contribution in [0.15, 0.2) is 54.7 Å². The summed E-state index contributed by atoms with van der Waals surface area (Å²) in [6.45, 7) is 11.1. The minimum absolute atomic E-state index is 0.0171. The fourth-order valence-corrected chi connectivity index (χ4v) is 8.37. The molecule has 3 saturated heterocycles. The molecule has 1 aromatic heterocycles. The topological polar surface area (TPSA) is 139 Å². The lowest BCUT2D eigenvalue weighted by molar-refractivity contribution is -0.138. The number of benzene rings is 2. The number of pyridine rings is 1. The first-order valence-electron chi connectivity index (χ1n) is 19.3. The van der Waals surface area contributed by atoms with E-state index in [0.29, 0.717) is 63.2 Å². The van der Waals surface area contributed by atoms with E-state index in [9.17, 15) is 37.6 Å². The molecule has 3 amide bonds. The van der Waals surface area contributed by atoms with Crippen molar-refractivity contribution in [3.63, 3.8) is 0 Å². The van der Waals surface area contributed by atoms with Gasteiger partial charge >= 0.3 is 6.18 Å². The molecule has 12 nitrogen and oxygen atoms in total. The van der Waals surface area contributed by atoms with Gasteiger partial charge in [0, 0.05) is 56.7 Å². The Bertz CT molecular complexity index is 2160. The summed E-state index contributed by atoms with van der Waals surface area (Å²) in [5.74, 6) is -0.473. The molecule has 0 saturated carbocycles. The molecular formula is C42H46F3N7O5S. The number of piperazine rings is 1.